The van der Waals surface area contributed by atoms with Crippen molar-refractivity contribution in [2.75, 3.05) is 13.1 Å². The largest absolute Gasteiger partial charge is 0.316 e. The van der Waals surface area contributed by atoms with Crippen molar-refractivity contribution in [3.8, 4) is 0 Å². The van der Waals surface area contributed by atoms with Crippen LogP contribution in [0, 0.1) is 6.92 Å². The Balaban J connectivity index is 2.35. The molecule has 0 spiro atoms. The number of ketones is 1. The van der Waals surface area contributed by atoms with Crippen LogP contribution in [-0.4, -0.2) is 18.9 Å². The molecule has 1 aromatic heterocycles. The van der Waals surface area contributed by atoms with Gasteiger partial charge < -0.3 is 10.1 Å². The van der Waals surface area contributed by atoms with E-state index in [1.54, 1.807) is 6.92 Å². The van der Waals surface area contributed by atoms with Crippen LogP contribution in [0.1, 0.15) is 44.1 Å². The second-order valence-corrected chi connectivity index (χ2v) is 6.22. The number of hydrogen-bond donors (Lipinski definition) is 1. The number of carbonyl (C=O) groups is 1. The number of hydrogen-bond acceptors (Lipinski definition) is 3. The fourth-order valence-electron chi connectivity index (χ4n) is 2.01. The van der Waals surface area contributed by atoms with E-state index < -0.39 is 0 Å². The Kier molecular flexibility index (Phi) is 5.34. The Morgan fingerprint density at radius 2 is 2.18 bits per heavy atom. The van der Waals surface area contributed by atoms with Gasteiger partial charge in [-0.2, -0.15) is 0 Å². The molecule has 0 atom stereocenters. The van der Waals surface area contributed by atoms with Crippen molar-refractivity contribution >= 4 is 17.1 Å². The summed E-state index contributed by atoms with van der Waals surface area (Å²) in [5.41, 5.74) is 1.56. The lowest BCUT2D eigenvalue weighted by atomic mass is 9.89. The van der Waals surface area contributed by atoms with E-state index in [0.29, 0.717) is 6.42 Å². The van der Waals surface area contributed by atoms with Crippen molar-refractivity contribution in [3.05, 3.63) is 21.9 Å². The third-order valence-electron chi connectivity index (χ3n) is 2.93. The van der Waals surface area contributed by atoms with Gasteiger partial charge in [-0.25, -0.2) is 0 Å². The first-order valence-corrected chi connectivity index (χ1v) is 7.06. The first kappa shape index (κ1) is 14.4. The van der Waals surface area contributed by atoms with Crippen LogP contribution in [0.4, 0.5) is 0 Å². The molecular formula is C14H23NOS. The van der Waals surface area contributed by atoms with Gasteiger partial charge in [0.15, 0.2) is 0 Å². The van der Waals surface area contributed by atoms with Gasteiger partial charge in [0.1, 0.15) is 5.78 Å². The molecule has 0 aromatic carbocycles. The summed E-state index contributed by atoms with van der Waals surface area (Å²) in [6.07, 6.45) is 1.63. The minimum Gasteiger partial charge on any atom is -0.316 e. The molecule has 0 unspecified atom stereocenters. The van der Waals surface area contributed by atoms with E-state index in [0.717, 1.165) is 19.5 Å². The van der Waals surface area contributed by atoms with Gasteiger partial charge in [-0.3, -0.25) is 0 Å². The molecule has 0 amide bonds. The van der Waals surface area contributed by atoms with Crippen molar-refractivity contribution in [1.82, 2.24) is 5.32 Å². The van der Waals surface area contributed by atoms with E-state index in [2.05, 4.69) is 37.5 Å². The van der Waals surface area contributed by atoms with Gasteiger partial charge in [-0.15, -0.1) is 11.3 Å². The molecule has 0 bridgehead atoms. The normalized spacial score (nSPS) is 11.8. The SMILES string of the molecule is CC(=O)CCCNCC(C)(C)c1sccc1C. The maximum absolute atomic E-state index is 10.8. The molecule has 1 N–H and O–H groups in total. The number of aryl methyl sites for hydroxylation is 1. The Bertz CT molecular complexity index is 368. The summed E-state index contributed by atoms with van der Waals surface area (Å²) in [5, 5.41) is 5.61. The first-order valence-electron chi connectivity index (χ1n) is 6.18. The number of Topliss-reactive ketones (excluding diaryl/α,β-unsaturated/α-hetero) is 1. The van der Waals surface area contributed by atoms with Crippen molar-refractivity contribution in [2.24, 2.45) is 0 Å². The molecule has 1 rings (SSSR count). The van der Waals surface area contributed by atoms with E-state index >= 15 is 0 Å². The zero-order chi connectivity index (χ0) is 12.9. The number of nitrogens with one attached hydrogen (secondary N) is 1. The molecular weight excluding hydrogens is 230 g/mol. The summed E-state index contributed by atoms with van der Waals surface area (Å²) in [4.78, 5) is 12.3. The van der Waals surface area contributed by atoms with Crippen LogP contribution in [0.5, 0.6) is 0 Å². The number of rotatable bonds is 7. The van der Waals surface area contributed by atoms with Crippen molar-refractivity contribution in [1.29, 1.82) is 0 Å². The van der Waals surface area contributed by atoms with Gasteiger partial charge in [-0.05, 0) is 43.8 Å². The molecule has 1 aromatic rings. The number of thiophene rings is 1. The fraction of sp³-hybridized carbons (Fsp3) is 0.643. The highest BCUT2D eigenvalue weighted by atomic mass is 32.1. The molecule has 0 saturated heterocycles. The molecule has 17 heavy (non-hydrogen) atoms. The van der Waals surface area contributed by atoms with Crippen LogP contribution in [0.2, 0.25) is 0 Å². The van der Waals surface area contributed by atoms with Gasteiger partial charge in [-0.1, -0.05) is 13.8 Å². The van der Waals surface area contributed by atoms with Gasteiger partial charge >= 0.3 is 0 Å². The molecule has 0 radical (unpaired) electrons. The van der Waals surface area contributed by atoms with Crippen LogP contribution >= 0.6 is 11.3 Å². The molecule has 0 aliphatic heterocycles. The minimum atomic E-state index is 0.175. The van der Waals surface area contributed by atoms with E-state index in [4.69, 9.17) is 0 Å². The van der Waals surface area contributed by atoms with Crippen LogP contribution in [0.3, 0.4) is 0 Å². The zero-order valence-corrected chi connectivity index (χ0v) is 12.1. The summed E-state index contributed by atoms with van der Waals surface area (Å²) in [5.74, 6) is 0.278. The highest BCUT2D eigenvalue weighted by molar-refractivity contribution is 7.10. The summed E-state index contributed by atoms with van der Waals surface area (Å²) in [7, 11) is 0. The molecule has 96 valence electrons. The molecule has 0 aliphatic carbocycles. The van der Waals surface area contributed by atoms with Crippen molar-refractivity contribution < 1.29 is 4.79 Å². The van der Waals surface area contributed by atoms with Crippen LogP contribution in [0.15, 0.2) is 11.4 Å². The van der Waals surface area contributed by atoms with Gasteiger partial charge in [0.05, 0.1) is 0 Å². The van der Waals surface area contributed by atoms with Gasteiger partial charge in [0.25, 0.3) is 0 Å². The van der Waals surface area contributed by atoms with Crippen LogP contribution in [0.25, 0.3) is 0 Å². The predicted octanol–water partition coefficient (Wildman–Crippen LogP) is 3.29. The topological polar surface area (TPSA) is 29.1 Å². The summed E-state index contributed by atoms with van der Waals surface area (Å²) in [6.45, 7) is 10.2. The maximum Gasteiger partial charge on any atom is 0.129 e. The smallest absolute Gasteiger partial charge is 0.129 e. The quantitative estimate of drug-likeness (QED) is 0.755. The first-order chi connectivity index (χ1) is 7.93. The lowest BCUT2D eigenvalue weighted by molar-refractivity contribution is -0.117. The third kappa shape index (κ3) is 4.60. The summed E-state index contributed by atoms with van der Waals surface area (Å²) in [6, 6.07) is 2.18. The Labute approximate surface area is 108 Å². The van der Waals surface area contributed by atoms with Crippen molar-refractivity contribution in [2.45, 2.75) is 46.0 Å². The average Bonchev–Trinajstić information content (AvgIpc) is 2.64. The molecule has 0 fully saturated rings. The third-order valence-corrected chi connectivity index (χ3v) is 4.31. The zero-order valence-electron chi connectivity index (χ0n) is 11.3. The molecule has 0 aliphatic rings. The average molecular weight is 253 g/mol. The number of carbonyl (C=O) groups excluding carboxylic acids is 1. The predicted molar refractivity (Wildman–Crippen MR) is 74.9 cm³/mol. The van der Waals surface area contributed by atoms with Crippen LogP contribution < -0.4 is 5.32 Å². The highest BCUT2D eigenvalue weighted by Gasteiger charge is 2.23. The maximum atomic E-state index is 10.8. The van der Waals surface area contributed by atoms with Gasteiger partial charge in [0, 0.05) is 23.3 Å². The van der Waals surface area contributed by atoms with Crippen LogP contribution in [-0.2, 0) is 10.2 Å². The van der Waals surface area contributed by atoms with Crippen molar-refractivity contribution in [3.63, 3.8) is 0 Å². The Morgan fingerprint density at radius 3 is 2.71 bits per heavy atom. The van der Waals surface area contributed by atoms with E-state index in [-0.39, 0.29) is 11.2 Å². The van der Waals surface area contributed by atoms with E-state index in [9.17, 15) is 4.79 Å². The molecule has 1 heterocycles. The fourth-order valence-corrected chi connectivity index (χ4v) is 3.06. The van der Waals surface area contributed by atoms with E-state index in [1.165, 1.54) is 10.4 Å². The standard InChI is InChI=1S/C14H23NOS/c1-11-7-9-17-13(11)14(3,4)10-15-8-5-6-12(2)16/h7,9,15H,5-6,8,10H2,1-4H3. The van der Waals surface area contributed by atoms with Gasteiger partial charge in [0.2, 0.25) is 0 Å². The Hall–Kier alpha value is -0.670. The van der Waals surface area contributed by atoms with E-state index in [1.807, 2.05) is 11.3 Å². The second-order valence-electron chi connectivity index (χ2n) is 5.30. The molecule has 0 saturated carbocycles. The second kappa shape index (κ2) is 6.31. The monoisotopic (exact) mass is 253 g/mol. The minimum absolute atomic E-state index is 0.175. The molecule has 2 nitrogen and oxygen atoms in total. The summed E-state index contributed by atoms with van der Waals surface area (Å²) >= 11 is 1.83. The lowest BCUT2D eigenvalue weighted by Gasteiger charge is -2.25. The Morgan fingerprint density at radius 1 is 1.47 bits per heavy atom. The summed E-state index contributed by atoms with van der Waals surface area (Å²) < 4.78 is 0. The molecule has 3 heteroatoms. The highest BCUT2D eigenvalue weighted by Crippen LogP contribution is 2.30. The lowest BCUT2D eigenvalue weighted by Crippen LogP contribution is -2.33.